The number of urea groups is 2. The molecular weight excluding hydrogens is 690 g/mol. The highest BCUT2D eigenvalue weighted by molar-refractivity contribution is 8.02. The van der Waals surface area contributed by atoms with Crippen LogP contribution in [-0.4, -0.2) is 127 Å². The molecule has 268 valence electrons. The van der Waals surface area contributed by atoms with Crippen molar-refractivity contribution in [1.29, 1.82) is 0 Å². The van der Waals surface area contributed by atoms with Gasteiger partial charge in [-0.25, -0.2) is 20.2 Å². The van der Waals surface area contributed by atoms with Crippen molar-refractivity contribution in [1.82, 2.24) is 35.2 Å². The molecule has 8 amide bonds. The molecule has 0 saturated carbocycles. The lowest BCUT2D eigenvalue weighted by atomic mass is 10.0. The Morgan fingerprint density at radius 1 is 1.02 bits per heavy atom. The van der Waals surface area contributed by atoms with Gasteiger partial charge in [0.2, 0.25) is 16.7 Å². The van der Waals surface area contributed by atoms with Crippen molar-refractivity contribution in [3.8, 4) is 0 Å². The number of nitro groups is 1. The van der Waals surface area contributed by atoms with Crippen LogP contribution < -0.4 is 16.5 Å². The van der Waals surface area contributed by atoms with E-state index in [1.54, 1.807) is 37.3 Å². The number of piperazine rings is 1. The quantitative estimate of drug-likeness (QED) is 0.0534. The van der Waals surface area contributed by atoms with Crippen LogP contribution in [0, 0.1) is 10.1 Å². The molecule has 0 bridgehead atoms. The molecule has 0 aliphatic carbocycles. The van der Waals surface area contributed by atoms with Crippen molar-refractivity contribution in [2.24, 2.45) is 5.84 Å². The van der Waals surface area contributed by atoms with E-state index in [0.717, 1.165) is 21.7 Å². The monoisotopic (exact) mass is 723 g/mol. The van der Waals surface area contributed by atoms with Crippen LogP contribution in [0.2, 0.25) is 0 Å². The first kappa shape index (κ1) is 35.1. The molecule has 0 aromatic heterocycles. The summed E-state index contributed by atoms with van der Waals surface area (Å²) >= 11 is 0.928. The summed E-state index contributed by atoms with van der Waals surface area (Å²) in [6.07, 6.45) is 0. The van der Waals surface area contributed by atoms with E-state index >= 15 is 0 Å². The predicted molar refractivity (Wildman–Crippen MR) is 175 cm³/mol. The SMILES string of the molecule is CCN1CCN(C(=O)NC(C(=O)N[C@@H]2C(=O)N3C[C@@](C(=O)OCc4ccc([N+](=O)[O-])cc4)(N4CCN(N)C4=O)S[C@H]23)c2ccccc2)C(=O)C1=O. The minimum atomic E-state index is -1.74. The summed E-state index contributed by atoms with van der Waals surface area (Å²) in [6.45, 7) is 1.60. The molecule has 4 aliphatic rings. The Hall–Kier alpha value is -5.76. The van der Waals surface area contributed by atoms with Crippen molar-refractivity contribution >= 4 is 59.1 Å². The second-order valence-electron chi connectivity index (χ2n) is 12.0. The first-order chi connectivity index (χ1) is 24.4. The number of hydrogen-bond donors (Lipinski definition) is 3. The average Bonchev–Trinajstić information content (AvgIpc) is 3.67. The van der Waals surface area contributed by atoms with Crippen molar-refractivity contribution in [3.05, 3.63) is 75.8 Å². The number of amides is 8. The molecule has 6 rings (SSSR count). The molecule has 4 fully saturated rings. The first-order valence-corrected chi connectivity index (χ1v) is 16.7. The normalized spacial score (nSPS) is 23.5. The van der Waals surface area contributed by atoms with E-state index in [-0.39, 0.29) is 51.6 Å². The van der Waals surface area contributed by atoms with Gasteiger partial charge in [0.05, 0.1) is 18.0 Å². The van der Waals surface area contributed by atoms with Gasteiger partial charge >= 0.3 is 29.8 Å². The number of nitro benzene ring substituents is 1. The van der Waals surface area contributed by atoms with Crippen molar-refractivity contribution in [2.75, 3.05) is 39.3 Å². The van der Waals surface area contributed by atoms with Crippen molar-refractivity contribution in [2.45, 2.75) is 35.9 Å². The standard InChI is InChI=1S/C31H33N9O10S/c1-2-35-12-13-36(26(44)25(35)43)29(46)34-21(19-6-4-3-5-7-19)23(41)33-22-24(42)37-17-31(51-27(22)37,38-14-15-39(32)30(38)47)28(45)50-16-18-8-10-20(11-9-18)40(48)49/h3-11,21-22,27H,2,12-17,32H2,1H3,(H,33,41)(H,34,46)/t21?,22-,27-,31-/m1/s1. The Labute approximate surface area is 294 Å². The third kappa shape index (κ3) is 6.38. The highest BCUT2D eigenvalue weighted by Crippen LogP contribution is 2.50. The Morgan fingerprint density at radius 3 is 2.35 bits per heavy atom. The molecule has 4 aliphatic heterocycles. The van der Waals surface area contributed by atoms with E-state index in [9.17, 15) is 43.7 Å². The number of rotatable bonds is 10. The molecule has 2 aromatic rings. The summed E-state index contributed by atoms with van der Waals surface area (Å²) in [7, 11) is 0. The lowest BCUT2D eigenvalue weighted by molar-refractivity contribution is -0.384. The van der Waals surface area contributed by atoms with Crippen LogP contribution in [0.4, 0.5) is 15.3 Å². The molecule has 0 radical (unpaired) electrons. The lowest BCUT2D eigenvalue weighted by Crippen LogP contribution is -2.68. The number of likely N-dealkylation sites (N-methyl/N-ethyl adjacent to an activating group) is 1. The number of nitrogens with two attached hydrogens (primary N) is 1. The summed E-state index contributed by atoms with van der Waals surface area (Å²) in [6, 6.07) is 9.22. The number of hydrogen-bond acceptors (Lipinski definition) is 12. The number of non-ortho nitro benzene ring substituents is 1. The zero-order valence-electron chi connectivity index (χ0n) is 27.1. The van der Waals surface area contributed by atoms with Gasteiger partial charge in [-0.1, -0.05) is 42.1 Å². The van der Waals surface area contributed by atoms with Crippen LogP contribution in [-0.2, 0) is 35.3 Å². The fourth-order valence-corrected chi connectivity index (χ4v) is 7.91. The van der Waals surface area contributed by atoms with Crippen LogP contribution in [0.25, 0.3) is 0 Å². The van der Waals surface area contributed by atoms with Crippen LogP contribution in [0.15, 0.2) is 54.6 Å². The van der Waals surface area contributed by atoms with Gasteiger partial charge in [-0.05, 0) is 30.2 Å². The molecule has 4 heterocycles. The van der Waals surface area contributed by atoms with Crippen LogP contribution >= 0.6 is 11.8 Å². The number of nitrogens with one attached hydrogen (secondary N) is 2. The Balaban J connectivity index is 1.19. The molecule has 4 saturated heterocycles. The van der Waals surface area contributed by atoms with Gasteiger partial charge in [0.1, 0.15) is 24.1 Å². The number of nitrogens with zero attached hydrogens (tertiary/aromatic N) is 6. The highest BCUT2D eigenvalue weighted by atomic mass is 32.2. The lowest BCUT2D eigenvalue weighted by Gasteiger charge is -2.41. The van der Waals surface area contributed by atoms with Crippen LogP contribution in [0.5, 0.6) is 0 Å². The van der Waals surface area contributed by atoms with Gasteiger partial charge < -0.3 is 25.2 Å². The smallest absolute Gasteiger partial charge is 0.345 e. The maximum atomic E-state index is 13.8. The third-order valence-corrected chi connectivity index (χ3v) is 10.7. The first-order valence-electron chi connectivity index (χ1n) is 15.9. The number of ether oxygens (including phenoxy) is 1. The number of carbonyl (C=O) groups is 7. The number of hydrazine groups is 1. The third-order valence-electron chi connectivity index (χ3n) is 9.05. The van der Waals surface area contributed by atoms with E-state index in [0.29, 0.717) is 11.1 Å². The topological polar surface area (TPSA) is 238 Å². The molecular formula is C31H33N9O10S. The van der Waals surface area contributed by atoms with Gasteiger partial charge in [0.25, 0.3) is 5.69 Å². The second-order valence-corrected chi connectivity index (χ2v) is 13.4. The summed E-state index contributed by atoms with van der Waals surface area (Å²) in [5.41, 5.74) is 0.617. The minimum Gasteiger partial charge on any atom is -0.458 e. The molecule has 51 heavy (non-hydrogen) atoms. The van der Waals surface area contributed by atoms with Crippen LogP contribution in [0.1, 0.15) is 24.1 Å². The number of esters is 1. The van der Waals surface area contributed by atoms with Gasteiger partial charge in [-0.2, -0.15) is 0 Å². The zero-order chi connectivity index (χ0) is 36.6. The summed E-state index contributed by atoms with van der Waals surface area (Å²) in [5.74, 6) is 1.72. The highest BCUT2D eigenvalue weighted by Gasteiger charge is 2.66. The van der Waals surface area contributed by atoms with Crippen LogP contribution in [0.3, 0.4) is 0 Å². The van der Waals surface area contributed by atoms with Gasteiger partial charge in [0, 0.05) is 38.3 Å². The van der Waals surface area contributed by atoms with E-state index in [1.807, 2.05) is 0 Å². The Bertz CT molecular complexity index is 1800. The summed E-state index contributed by atoms with van der Waals surface area (Å²) in [4.78, 5) is 106. The summed E-state index contributed by atoms with van der Waals surface area (Å²) < 4.78 is 5.60. The van der Waals surface area contributed by atoms with E-state index in [4.69, 9.17) is 10.6 Å². The predicted octanol–water partition coefficient (Wildman–Crippen LogP) is -0.513. The fourth-order valence-electron chi connectivity index (χ4n) is 6.21. The molecule has 4 N–H and O–H groups in total. The maximum Gasteiger partial charge on any atom is 0.345 e. The molecule has 20 heteroatoms. The van der Waals surface area contributed by atoms with Gasteiger partial charge in [-0.3, -0.25) is 44.1 Å². The van der Waals surface area contributed by atoms with Crippen molar-refractivity contribution in [3.63, 3.8) is 0 Å². The zero-order valence-corrected chi connectivity index (χ0v) is 27.9. The number of β-lactam (4-membered cyclic amide) rings is 1. The van der Waals surface area contributed by atoms with E-state index in [2.05, 4.69) is 10.6 Å². The Kier molecular flexibility index (Phi) is 9.54. The average molecular weight is 724 g/mol. The molecule has 1 unspecified atom stereocenters. The number of thioether (sulfide) groups is 1. The summed E-state index contributed by atoms with van der Waals surface area (Å²) in [5, 5.41) is 16.3. The number of carbonyl (C=O) groups excluding carboxylic acids is 7. The van der Waals surface area contributed by atoms with Gasteiger partial charge in [-0.15, -0.1) is 0 Å². The molecule has 2 aromatic carbocycles. The second kappa shape index (κ2) is 13.9. The Morgan fingerprint density at radius 2 is 1.73 bits per heavy atom. The molecule has 0 spiro atoms. The van der Waals surface area contributed by atoms with Crippen molar-refractivity contribution < 1.29 is 43.2 Å². The minimum absolute atomic E-state index is 0.0383. The van der Waals surface area contributed by atoms with Gasteiger partial charge in [0.15, 0.2) is 0 Å². The number of fused-ring (bicyclic) bond motifs is 1. The largest absolute Gasteiger partial charge is 0.458 e. The van der Waals surface area contributed by atoms with E-state index < -0.39 is 68.9 Å². The fraction of sp³-hybridized carbons (Fsp3) is 0.387. The van der Waals surface area contributed by atoms with E-state index in [1.165, 1.54) is 39.0 Å². The number of imide groups is 1. The maximum absolute atomic E-state index is 13.8. The molecule has 4 atom stereocenters. The number of benzene rings is 2. The molecule has 19 nitrogen and oxygen atoms in total.